The summed E-state index contributed by atoms with van der Waals surface area (Å²) < 4.78 is 39.6. The van der Waals surface area contributed by atoms with Gasteiger partial charge in [-0.3, -0.25) is 0 Å². The van der Waals surface area contributed by atoms with Crippen molar-refractivity contribution >= 4 is 21.6 Å². The van der Waals surface area contributed by atoms with Crippen molar-refractivity contribution in [1.82, 2.24) is 0 Å². The summed E-state index contributed by atoms with van der Waals surface area (Å²) in [5.41, 5.74) is -0.118. The number of halogens is 4. The van der Waals surface area contributed by atoms with Crippen LogP contribution in [0.15, 0.2) is 53.0 Å². The molecule has 2 N–H and O–H groups in total. The predicted molar refractivity (Wildman–Crippen MR) is 79.0 cm³/mol. The van der Waals surface area contributed by atoms with Crippen LogP contribution < -0.4 is 5.32 Å². The molecule has 21 heavy (non-hydrogen) atoms. The second kappa shape index (κ2) is 6.49. The van der Waals surface area contributed by atoms with Crippen LogP contribution >= 0.6 is 15.9 Å². The van der Waals surface area contributed by atoms with Gasteiger partial charge in [-0.1, -0.05) is 46.3 Å². The fourth-order valence-corrected chi connectivity index (χ4v) is 2.35. The summed E-state index contributed by atoms with van der Waals surface area (Å²) in [6.45, 7) is -0.312. The van der Waals surface area contributed by atoms with Crippen LogP contribution in [0, 0.1) is 0 Å². The second-order valence-electron chi connectivity index (χ2n) is 4.48. The summed E-state index contributed by atoms with van der Waals surface area (Å²) >= 11 is 3.16. The largest absolute Gasteiger partial charge is 0.418 e. The molecule has 2 aromatic carbocycles. The Morgan fingerprint density at radius 1 is 1.10 bits per heavy atom. The normalized spacial score (nSPS) is 13.0. The quantitative estimate of drug-likeness (QED) is 0.835. The van der Waals surface area contributed by atoms with Gasteiger partial charge in [0.2, 0.25) is 0 Å². The van der Waals surface area contributed by atoms with E-state index in [1.165, 1.54) is 12.1 Å². The molecule has 0 saturated heterocycles. The van der Waals surface area contributed by atoms with E-state index in [9.17, 15) is 18.3 Å². The third kappa shape index (κ3) is 3.98. The van der Waals surface area contributed by atoms with Crippen molar-refractivity contribution in [2.45, 2.75) is 12.2 Å². The van der Waals surface area contributed by atoms with Gasteiger partial charge >= 0.3 is 6.18 Å². The molecule has 0 fully saturated rings. The van der Waals surface area contributed by atoms with E-state index in [-0.39, 0.29) is 12.3 Å². The van der Waals surface area contributed by atoms with Crippen LogP contribution in [0.25, 0.3) is 0 Å². The molecule has 1 unspecified atom stereocenters. The van der Waals surface area contributed by atoms with Gasteiger partial charge in [0.15, 0.2) is 0 Å². The average molecular weight is 360 g/mol. The Bertz CT molecular complexity index is 602. The van der Waals surface area contributed by atoms with Crippen molar-refractivity contribution in [2.24, 2.45) is 0 Å². The topological polar surface area (TPSA) is 32.3 Å². The molecule has 0 aliphatic rings. The number of alkyl halides is 3. The summed E-state index contributed by atoms with van der Waals surface area (Å²) in [5, 5.41) is 12.2. The Balaban J connectivity index is 2.35. The zero-order chi connectivity index (χ0) is 15.5. The molecule has 2 rings (SSSR count). The number of rotatable bonds is 4. The number of anilines is 1. The van der Waals surface area contributed by atoms with Gasteiger partial charge in [-0.2, -0.15) is 13.2 Å². The maximum absolute atomic E-state index is 13.0. The van der Waals surface area contributed by atoms with Crippen molar-refractivity contribution in [3.63, 3.8) is 0 Å². The molecule has 0 heterocycles. The number of hydrogen-bond donors (Lipinski definition) is 2. The highest BCUT2D eigenvalue weighted by Crippen LogP contribution is 2.37. The van der Waals surface area contributed by atoms with Crippen LogP contribution in [-0.4, -0.2) is 11.7 Å². The Labute approximate surface area is 128 Å². The molecule has 0 radical (unpaired) electrons. The van der Waals surface area contributed by atoms with E-state index < -0.39 is 17.8 Å². The lowest BCUT2D eigenvalue weighted by molar-refractivity contribution is -0.137. The SMILES string of the molecule is OCC(Nc1cc(Br)ccc1C(F)(F)F)c1ccccc1. The molecule has 0 amide bonds. The maximum Gasteiger partial charge on any atom is 0.418 e. The van der Waals surface area contributed by atoms with Gasteiger partial charge in [-0.15, -0.1) is 0 Å². The molecule has 0 spiro atoms. The van der Waals surface area contributed by atoms with E-state index in [2.05, 4.69) is 21.2 Å². The maximum atomic E-state index is 13.0. The summed E-state index contributed by atoms with van der Waals surface area (Å²) in [7, 11) is 0. The lowest BCUT2D eigenvalue weighted by atomic mass is 10.1. The summed E-state index contributed by atoms with van der Waals surface area (Å²) in [6.07, 6.45) is -4.46. The van der Waals surface area contributed by atoms with Crippen LogP contribution in [0.1, 0.15) is 17.2 Å². The smallest absolute Gasteiger partial charge is 0.394 e. The average Bonchev–Trinajstić information content (AvgIpc) is 2.44. The van der Waals surface area contributed by atoms with Crippen molar-refractivity contribution in [3.8, 4) is 0 Å². The highest BCUT2D eigenvalue weighted by molar-refractivity contribution is 9.10. The lowest BCUT2D eigenvalue weighted by Crippen LogP contribution is -2.18. The van der Waals surface area contributed by atoms with Crippen molar-refractivity contribution < 1.29 is 18.3 Å². The number of nitrogens with one attached hydrogen (secondary N) is 1. The van der Waals surface area contributed by atoms with Gasteiger partial charge < -0.3 is 10.4 Å². The first kappa shape index (κ1) is 15.9. The molecule has 6 heteroatoms. The lowest BCUT2D eigenvalue weighted by Gasteiger charge is -2.21. The van der Waals surface area contributed by atoms with E-state index in [0.717, 1.165) is 6.07 Å². The number of hydrogen-bond acceptors (Lipinski definition) is 2. The number of aliphatic hydroxyl groups is 1. The first-order valence-electron chi connectivity index (χ1n) is 6.21. The second-order valence-corrected chi connectivity index (χ2v) is 5.39. The highest BCUT2D eigenvalue weighted by Gasteiger charge is 2.34. The molecule has 0 aliphatic heterocycles. The van der Waals surface area contributed by atoms with E-state index in [0.29, 0.717) is 10.0 Å². The fraction of sp³-hybridized carbons (Fsp3) is 0.200. The third-order valence-corrected chi connectivity index (χ3v) is 3.49. The molecule has 0 aromatic heterocycles. The van der Waals surface area contributed by atoms with Crippen LogP contribution in [-0.2, 0) is 6.18 Å². The molecular weight excluding hydrogens is 347 g/mol. The standard InChI is InChI=1S/C15H13BrF3NO/c16-11-6-7-12(15(17,18)19)13(8-11)20-14(9-21)10-4-2-1-3-5-10/h1-8,14,20-21H,9H2. The zero-order valence-corrected chi connectivity index (χ0v) is 12.4. The minimum Gasteiger partial charge on any atom is -0.394 e. The van der Waals surface area contributed by atoms with Gasteiger partial charge in [-0.25, -0.2) is 0 Å². The Hall–Kier alpha value is -1.53. The van der Waals surface area contributed by atoms with Crippen LogP contribution in [0.2, 0.25) is 0 Å². The van der Waals surface area contributed by atoms with E-state index in [1.54, 1.807) is 30.3 Å². The third-order valence-electron chi connectivity index (χ3n) is 3.00. The monoisotopic (exact) mass is 359 g/mol. The van der Waals surface area contributed by atoms with Crippen LogP contribution in [0.3, 0.4) is 0 Å². The van der Waals surface area contributed by atoms with Gasteiger partial charge in [0.05, 0.1) is 18.2 Å². The molecule has 0 bridgehead atoms. The summed E-state index contributed by atoms with van der Waals surface area (Å²) in [4.78, 5) is 0. The minimum absolute atomic E-state index is 0.0696. The highest BCUT2D eigenvalue weighted by atomic mass is 79.9. The molecule has 2 aromatic rings. The Morgan fingerprint density at radius 2 is 1.76 bits per heavy atom. The Morgan fingerprint density at radius 3 is 2.33 bits per heavy atom. The van der Waals surface area contributed by atoms with Gasteiger partial charge in [0.25, 0.3) is 0 Å². The van der Waals surface area contributed by atoms with Crippen molar-refractivity contribution in [1.29, 1.82) is 0 Å². The fourth-order valence-electron chi connectivity index (χ4n) is 1.99. The molecule has 0 saturated carbocycles. The zero-order valence-electron chi connectivity index (χ0n) is 10.9. The minimum atomic E-state index is -4.46. The first-order valence-corrected chi connectivity index (χ1v) is 7.00. The van der Waals surface area contributed by atoms with Crippen molar-refractivity contribution in [3.05, 3.63) is 64.1 Å². The summed E-state index contributed by atoms with van der Waals surface area (Å²) in [6, 6.07) is 11.9. The Kier molecular flexibility index (Phi) is 4.90. The molecular formula is C15H13BrF3NO. The van der Waals surface area contributed by atoms with Gasteiger partial charge in [-0.05, 0) is 23.8 Å². The van der Waals surface area contributed by atoms with Crippen LogP contribution in [0.4, 0.5) is 18.9 Å². The predicted octanol–water partition coefficient (Wildman–Crippen LogP) is 4.61. The van der Waals surface area contributed by atoms with Crippen molar-refractivity contribution in [2.75, 3.05) is 11.9 Å². The van der Waals surface area contributed by atoms with E-state index in [4.69, 9.17) is 0 Å². The van der Waals surface area contributed by atoms with Crippen LogP contribution in [0.5, 0.6) is 0 Å². The van der Waals surface area contributed by atoms with Gasteiger partial charge in [0.1, 0.15) is 0 Å². The first-order chi connectivity index (χ1) is 9.91. The molecule has 112 valence electrons. The molecule has 1 atom stereocenters. The summed E-state index contributed by atoms with van der Waals surface area (Å²) in [5.74, 6) is 0. The number of aliphatic hydroxyl groups excluding tert-OH is 1. The molecule has 2 nitrogen and oxygen atoms in total. The van der Waals surface area contributed by atoms with E-state index in [1.807, 2.05) is 0 Å². The molecule has 0 aliphatic carbocycles. The number of benzene rings is 2. The van der Waals surface area contributed by atoms with Gasteiger partial charge in [0, 0.05) is 10.2 Å². The van der Waals surface area contributed by atoms with E-state index >= 15 is 0 Å².